The van der Waals surface area contributed by atoms with Crippen LogP contribution in [-0.2, 0) is 0 Å². The standard InChI is InChI=1S/C22H30Cl2N2O2/c1-26(12-6-4-2-3-5-7-13-27)20-11-10-17-18(23)14-19(24)22(21(17)25-20)28-15-16-8-9-16/h10-11,14,16,27H,2-9,12-13,15H2,1H3. The van der Waals surface area contributed by atoms with Crippen LogP contribution in [0, 0.1) is 5.92 Å². The molecule has 28 heavy (non-hydrogen) atoms. The molecule has 0 amide bonds. The van der Waals surface area contributed by atoms with Gasteiger partial charge in [0.25, 0.3) is 0 Å². The Morgan fingerprint density at radius 2 is 1.79 bits per heavy atom. The molecular formula is C22H30Cl2N2O2. The molecular weight excluding hydrogens is 395 g/mol. The van der Waals surface area contributed by atoms with Crippen molar-refractivity contribution in [1.82, 2.24) is 4.98 Å². The summed E-state index contributed by atoms with van der Waals surface area (Å²) in [5.74, 6) is 2.19. The molecule has 6 heteroatoms. The third-order valence-corrected chi connectivity index (χ3v) is 5.87. The van der Waals surface area contributed by atoms with Crippen LogP contribution in [0.5, 0.6) is 5.75 Å². The van der Waals surface area contributed by atoms with E-state index in [0.717, 1.165) is 42.5 Å². The fraction of sp³-hybridized carbons (Fsp3) is 0.591. The number of aliphatic hydroxyl groups is 1. The molecule has 0 bridgehead atoms. The van der Waals surface area contributed by atoms with Crippen molar-refractivity contribution in [2.45, 2.75) is 51.4 Å². The van der Waals surface area contributed by atoms with Crippen molar-refractivity contribution >= 4 is 39.9 Å². The van der Waals surface area contributed by atoms with Crippen LogP contribution in [0.25, 0.3) is 10.9 Å². The van der Waals surface area contributed by atoms with E-state index in [-0.39, 0.29) is 0 Å². The van der Waals surface area contributed by atoms with Gasteiger partial charge in [-0.05, 0) is 49.8 Å². The Bertz CT molecular complexity index is 781. The van der Waals surface area contributed by atoms with Crippen molar-refractivity contribution in [3.8, 4) is 5.75 Å². The molecule has 154 valence electrons. The minimum Gasteiger partial charge on any atom is -0.489 e. The van der Waals surface area contributed by atoms with Crippen molar-refractivity contribution < 1.29 is 9.84 Å². The molecule has 1 saturated carbocycles. The summed E-state index contributed by atoms with van der Waals surface area (Å²) in [5, 5.41) is 10.8. The molecule has 0 unspecified atom stereocenters. The number of nitrogens with zero attached hydrogens (tertiary/aromatic N) is 2. The number of anilines is 1. The average Bonchev–Trinajstić information content (AvgIpc) is 3.51. The van der Waals surface area contributed by atoms with E-state index >= 15 is 0 Å². The van der Waals surface area contributed by atoms with E-state index < -0.39 is 0 Å². The molecule has 1 aliphatic rings. The first-order valence-electron chi connectivity index (χ1n) is 10.3. The van der Waals surface area contributed by atoms with E-state index in [1.807, 2.05) is 12.1 Å². The number of halogens is 2. The third kappa shape index (κ3) is 5.88. The zero-order valence-electron chi connectivity index (χ0n) is 16.6. The lowest BCUT2D eigenvalue weighted by molar-refractivity contribution is 0.282. The monoisotopic (exact) mass is 424 g/mol. The summed E-state index contributed by atoms with van der Waals surface area (Å²) >= 11 is 12.8. The van der Waals surface area contributed by atoms with Gasteiger partial charge in [-0.3, -0.25) is 0 Å². The molecule has 1 aromatic heterocycles. The van der Waals surface area contributed by atoms with Gasteiger partial charge in [0.05, 0.1) is 16.7 Å². The predicted octanol–water partition coefficient (Wildman–Crippen LogP) is 6.10. The Kier molecular flexibility index (Phi) is 8.07. The van der Waals surface area contributed by atoms with Gasteiger partial charge in [-0.25, -0.2) is 4.98 Å². The van der Waals surface area contributed by atoms with Gasteiger partial charge in [0.15, 0.2) is 5.75 Å². The predicted molar refractivity (Wildman–Crippen MR) is 118 cm³/mol. The van der Waals surface area contributed by atoms with Crippen LogP contribution in [0.2, 0.25) is 10.0 Å². The SMILES string of the molecule is CN(CCCCCCCCO)c1ccc2c(Cl)cc(Cl)c(OCC3CC3)c2n1. The second kappa shape index (κ2) is 10.5. The van der Waals surface area contributed by atoms with E-state index in [2.05, 4.69) is 11.9 Å². The van der Waals surface area contributed by atoms with Crippen LogP contribution in [0.15, 0.2) is 18.2 Å². The lowest BCUT2D eigenvalue weighted by atomic mass is 10.1. The average molecular weight is 425 g/mol. The lowest BCUT2D eigenvalue weighted by Gasteiger charge is -2.20. The number of aromatic nitrogens is 1. The van der Waals surface area contributed by atoms with Crippen molar-refractivity contribution in [3.63, 3.8) is 0 Å². The van der Waals surface area contributed by atoms with Gasteiger partial charge in [0.1, 0.15) is 11.3 Å². The number of benzene rings is 1. The first kappa shape index (κ1) is 21.5. The van der Waals surface area contributed by atoms with E-state index in [4.69, 9.17) is 38.0 Å². The molecule has 0 radical (unpaired) electrons. The quantitative estimate of drug-likeness (QED) is 0.418. The summed E-state index contributed by atoms with van der Waals surface area (Å²) in [7, 11) is 2.07. The Hall–Kier alpha value is -1.23. The fourth-order valence-electron chi connectivity index (χ4n) is 3.30. The Labute approximate surface area is 177 Å². The highest BCUT2D eigenvalue weighted by molar-refractivity contribution is 6.39. The molecule has 1 fully saturated rings. The number of rotatable bonds is 12. The third-order valence-electron chi connectivity index (χ3n) is 5.28. The van der Waals surface area contributed by atoms with Gasteiger partial charge >= 0.3 is 0 Å². The topological polar surface area (TPSA) is 45.6 Å². The number of ether oxygens (including phenoxy) is 1. The van der Waals surface area contributed by atoms with Crippen molar-refractivity contribution in [2.75, 3.05) is 31.7 Å². The molecule has 3 rings (SSSR count). The van der Waals surface area contributed by atoms with Crippen molar-refractivity contribution in [3.05, 3.63) is 28.2 Å². The maximum absolute atomic E-state index is 8.82. The Morgan fingerprint density at radius 1 is 1.07 bits per heavy atom. The fourth-order valence-corrected chi connectivity index (χ4v) is 3.87. The largest absolute Gasteiger partial charge is 0.489 e. The highest BCUT2D eigenvalue weighted by Crippen LogP contribution is 2.39. The van der Waals surface area contributed by atoms with Gasteiger partial charge in [-0.1, -0.05) is 48.9 Å². The van der Waals surface area contributed by atoms with Crippen LogP contribution >= 0.6 is 23.2 Å². The van der Waals surface area contributed by atoms with Crippen molar-refractivity contribution in [2.24, 2.45) is 5.92 Å². The molecule has 1 heterocycles. The van der Waals surface area contributed by atoms with Crippen LogP contribution in [0.4, 0.5) is 5.82 Å². The highest BCUT2D eigenvalue weighted by atomic mass is 35.5. The molecule has 1 aliphatic carbocycles. The first-order chi connectivity index (χ1) is 13.6. The molecule has 2 aromatic rings. The van der Waals surface area contributed by atoms with E-state index in [1.54, 1.807) is 6.07 Å². The van der Waals surface area contributed by atoms with Gasteiger partial charge < -0.3 is 14.7 Å². The van der Waals surface area contributed by atoms with E-state index in [0.29, 0.717) is 34.9 Å². The lowest BCUT2D eigenvalue weighted by Crippen LogP contribution is -2.19. The minimum absolute atomic E-state index is 0.302. The molecule has 0 aliphatic heterocycles. The number of pyridine rings is 1. The maximum Gasteiger partial charge on any atom is 0.164 e. The smallest absolute Gasteiger partial charge is 0.164 e. The summed E-state index contributed by atoms with van der Waals surface area (Å²) in [4.78, 5) is 7.01. The number of hydrogen-bond donors (Lipinski definition) is 1. The molecule has 1 N–H and O–H groups in total. The van der Waals surface area contributed by atoms with Crippen LogP contribution in [0.3, 0.4) is 0 Å². The van der Waals surface area contributed by atoms with Crippen LogP contribution in [0.1, 0.15) is 51.4 Å². The summed E-state index contributed by atoms with van der Waals surface area (Å²) in [6.07, 6.45) is 9.20. The van der Waals surface area contributed by atoms with Gasteiger partial charge in [-0.15, -0.1) is 0 Å². The molecule has 0 atom stereocenters. The van der Waals surface area contributed by atoms with Gasteiger partial charge in [0.2, 0.25) is 0 Å². The molecule has 0 saturated heterocycles. The first-order valence-corrected chi connectivity index (χ1v) is 11.1. The van der Waals surface area contributed by atoms with E-state index in [1.165, 1.54) is 32.1 Å². The minimum atomic E-state index is 0.302. The second-order valence-electron chi connectivity index (χ2n) is 7.76. The molecule has 1 aromatic carbocycles. The number of fused-ring (bicyclic) bond motifs is 1. The molecule has 0 spiro atoms. The second-order valence-corrected chi connectivity index (χ2v) is 8.57. The molecule has 4 nitrogen and oxygen atoms in total. The van der Waals surface area contributed by atoms with E-state index in [9.17, 15) is 0 Å². The number of unbranched alkanes of at least 4 members (excludes halogenated alkanes) is 5. The van der Waals surface area contributed by atoms with Gasteiger partial charge in [-0.2, -0.15) is 0 Å². The Morgan fingerprint density at radius 3 is 2.50 bits per heavy atom. The Balaban J connectivity index is 1.65. The highest BCUT2D eigenvalue weighted by Gasteiger charge is 2.23. The van der Waals surface area contributed by atoms with Crippen LogP contribution in [-0.4, -0.2) is 36.9 Å². The maximum atomic E-state index is 8.82. The normalized spacial score (nSPS) is 13.9. The zero-order valence-corrected chi connectivity index (χ0v) is 18.1. The summed E-state index contributed by atoms with van der Waals surface area (Å²) < 4.78 is 6.02. The van der Waals surface area contributed by atoms with Gasteiger partial charge in [0, 0.05) is 25.6 Å². The summed E-state index contributed by atoms with van der Waals surface area (Å²) in [5.41, 5.74) is 0.742. The zero-order chi connectivity index (χ0) is 19.9. The number of aliphatic hydroxyl groups excluding tert-OH is 1. The van der Waals surface area contributed by atoms with Crippen LogP contribution < -0.4 is 9.64 Å². The summed E-state index contributed by atoms with van der Waals surface area (Å²) in [6.45, 7) is 1.94. The number of hydrogen-bond acceptors (Lipinski definition) is 4. The summed E-state index contributed by atoms with van der Waals surface area (Å²) in [6, 6.07) is 5.76. The van der Waals surface area contributed by atoms with Crippen molar-refractivity contribution in [1.29, 1.82) is 0 Å².